The summed E-state index contributed by atoms with van der Waals surface area (Å²) in [6, 6.07) is 19.9. The Hall–Kier alpha value is -1.80. The van der Waals surface area contributed by atoms with Crippen molar-refractivity contribution in [2.75, 3.05) is 20.2 Å². The maximum Gasteiger partial charge on any atom is 0.119 e. The molecular formula is C24H31NO. The van der Waals surface area contributed by atoms with Gasteiger partial charge in [-0.05, 0) is 66.8 Å². The molecule has 2 heteroatoms. The molecule has 138 valence electrons. The second-order valence-electron chi connectivity index (χ2n) is 8.16. The summed E-state index contributed by atoms with van der Waals surface area (Å²) in [5.74, 6) is 1.76. The van der Waals surface area contributed by atoms with Gasteiger partial charge in [0.25, 0.3) is 0 Å². The second-order valence-corrected chi connectivity index (χ2v) is 8.16. The van der Waals surface area contributed by atoms with Crippen molar-refractivity contribution in [2.45, 2.75) is 50.5 Å². The highest BCUT2D eigenvalue weighted by Crippen LogP contribution is 2.49. The summed E-state index contributed by atoms with van der Waals surface area (Å²) in [6.07, 6.45) is 8.06. The number of methoxy groups -OCH3 is 1. The molecule has 2 atom stereocenters. The van der Waals surface area contributed by atoms with Crippen LogP contribution < -0.4 is 4.74 Å². The van der Waals surface area contributed by atoms with Crippen molar-refractivity contribution in [3.8, 4) is 5.75 Å². The van der Waals surface area contributed by atoms with Gasteiger partial charge in [-0.1, -0.05) is 55.3 Å². The molecule has 0 aromatic heterocycles. The van der Waals surface area contributed by atoms with Crippen LogP contribution in [0.4, 0.5) is 0 Å². The first-order valence-corrected chi connectivity index (χ1v) is 10.2. The van der Waals surface area contributed by atoms with Gasteiger partial charge in [0.05, 0.1) is 7.11 Å². The summed E-state index contributed by atoms with van der Waals surface area (Å²) in [7, 11) is 1.78. The standard InChI is InChI=1S/C24H31NO/c1-26-23-13-7-12-21(17-23)24-14-6-5-11-22(24)19-25(16-8-15-24)18-20-9-3-2-4-10-20/h2-4,7,9-10,12-13,17,22H,5-6,8,11,14-16,18-19H2,1H3/t22-,24-/m0/s1. The van der Waals surface area contributed by atoms with Gasteiger partial charge < -0.3 is 4.74 Å². The average molecular weight is 350 g/mol. The molecule has 4 rings (SSSR count). The molecule has 2 aromatic carbocycles. The number of likely N-dealkylation sites (tertiary alicyclic amines) is 1. The Bertz CT molecular complexity index is 713. The molecule has 2 fully saturated rings. The van der Waals surface area contributed by atoms with Crippen LogP contribution in [0, 0.1) is 5.92 Å². The van der Waals surface area contributed by atoms with E-state index in [2.05, 4.69) is 59.5 Å². The number of rotatable bonds is 4. The first kappa shape index (κ1) is 17.6. The molecule has 1 saturated carbocycles. The van der Waals surface area contributed by atoms with Gasteiger partial charge in [-0.3, -0.25) is 4.90 Å². The lowest BCUT2D eigenvalue weighted by molar-refractivity contribution is 0.143. The Morgan fingerprint density at radius 2 is 1.85 bits per heavy atom. The largest absolute Gasteiger partial charge is 0.497 e. The van der Waals surface area contributed by atoms with E-state index in [0.717, 1.165) is 18.2 Å². The third-order valence-electron chi connectivity index (χ3n) is 6.68. The van der Waals surface area contributed by atoms with Crippen LogP contribution in [0.15, 0.2) is 54.6 Å². The maximum atomic E-state index is 5.54. The van der Waals surface area contributed by atoms with Gasteiger partial charge in [0, 0.05) is 13.1 Å². The third-order valence-corrected chi connectivity index (χ3v) is 6.68. The highest BCUT2D eigenvalue weighted by molar-refractivity contribution is 5.35. The molecule has 1 heterocycles. The van der Waals surface area contributed by atoms with Crippen molar-refractivity contribution in [2.24, 2.45) is 5.92 Å². The fourth-order valence-electron chi connectivity index (χ4n) is 5.37. The minimum atomic E-state index is 0.345. The Kier molecular flexibility index (Phi) is 5.31. The van der Waals surface area contributed by atoms with Crippen molar-refractivity contribution in [3.63, 3.8) is 0 Å². The van der Waals surface area contributed by atoms with E-state index in [1.165, 1.54) is 62.7 Å². The van der Waals surface area contributed by atoms with Gasteiger partial charge in [0.15, 0.2) is 0 Å². The molecule has 1 aliphatic carbocycles. The van der Waals surface area contributed by atoms with E-state index in [1.807, 2.05) is 0 Å². The summed E-state index contributed by atoms with van der Waals surface area (Å²) in [6.45, 7) is 3.54. The lowest BCUT2D eigenvalue weighted by atomic mass is 9.61. The van der Waals surface area contributed by atoms with E-state index < -0.39 is 0 Å². The van der Waals surface area contributed by atoms with Gasteiger partial charge in [-0.15, -0.1) is 0 Å². The van der Waals surface area contributed by atoms with Gasteiger partial charge in [0.1, 0.15) is 5.75 Å². The lowest BCUT2D eigenvalue weighted by Gasteiger charge is -2.45. The Balaban J connectivity index is 1.60. The van der Waals surface area contributed by atoms with Gasteiger partial charge in [-0.25, -0.2) is 0 Å². The van der Waals surface area contributed by atoms with Crippen LogP contribution >= 0.6 is 0 Å². The van der Waals surface area contributed by atoms with E-state index in [0.29, 0.717) is 5.41 Å². The molecule has 2 aliphatic rings. The number of benzene rings is 2. The predicted molar refractivity (Wildman–Crippen MR) is 108 cm³/mol. The monoisotopic (exact) mass is 349 g/mol. The number of ether oxygens (including phenoxy) is 1. The number of fused-ring (bicyclic) bond motifs is 1. The Morgan fingerprint density at radius 1 is 1.00 bits per heavy atom. The third kappa shape index (κ3) is 3.53. The fourth-order valence-corrected chi connectivity index (χ4v) is 5.37. The van der Waals surface area contributed by atoms with Crippen molar-refractivity contribution < 1.29 is 4.74 Å². The van der Waals surface area contributed by atoms with E-state index in [-0.39, 0.29) is 0 Å². The Labute approximate surface area is 158 Å². The van der Waals surface area contributed by atoms with Crippen LogP contribution in [-0.2, 0) is 12.0 Å². The molecule has 0 unspecified atom stereocenters. The second kappa shape index (κ2) is 7.84. The quantitative estimate of drug-likeness (QED) is 0.731. The zero-order chi connectivity index (χ0) is 17.8. The molecule has 0 spiro atoms. The summed E-state index contributed by atoms with van der Waals surface area (Å²) in [5.41, 5.74) is 3.30. The summed E-state index contributed by atoms with van der Waals surface area (Å²) >= 11 is 0. The zero-order valence-electron chi connectivity index (χ0n) is 16.0. The van der Waals surface area contributed by atoms with E-state index >= 15 is 0 Å². The molecule has 0 amide bonds. The fraction of sp³-hybridized carbons (Fsp3) is 0.500. The van der Waals surface area contributed by atoms with Gasteiger partial charge in [0.2, 0.25) is 0 Å². The summed E-state index contributed by atoms with van der Waals surface area (Å²) in [5, 5.41) is 0. The van der Waals surface area contributed by atoms with Crippen LogP contribution in [0.25, 0.3) is 0 Å². The minimum Gasteiger partial charge on any atom is -0.497 e. The van der Waals surface area contributed by atoms with Crippen molar-refractivity contribution in [1.29, 1.82) is 0 Å². The van der Waals surface area contributed by atoms with Crippen molar-refractivity contribution >= 4 is 0 Å². The van der Waals surface area contributed by atoms with Crippen LogP contribution in [0.3, 0.4) is 0 Å². The van der Waals surface area contributed by atoms with E-state index in [4.69, 9.17) is 4.74 Å². The highest BCUT2D eigenvalue weighted by Gasteiger charge is 2.43. The van der Waals surface area contributed by atoms with E-state index in [1.54, 1.807) is 7.11 Å². The first-order valence-electron chi connectivity index (χ1n) is 10.2. The molecule has 2 nitrogen and oxygen atoms in total. The smallest absolute Gasteiger partial charge is 0.119 e. The van der Waals surface area contributed by atoms with Crippen molar-refractivity contribution in [1.82, 2.24) is 4.90 Å². The molecule has 1 saturated heterocycles. The van der Waals surface area contributed by atoms with Gasteiger partial charge in [-0.2, -0.15) is 0 Å². The highest BCUT2D eigenvalue weighted by atomic mass is 16.5. The lowest BCUT2D eigenvalue weighted by Crippen LogP contribution is -2.41. The predicted octanol–water partition coefficient (Wildman–Crippen LogP) is 5.42. The van der Waals surface area contributed by atoms with Crippen LogP contribution in [0.2, 0.25) is 0 Å². The topological polar surface area (TPSA) is 12.5 Å². The number of hydrogen-bond donors (Lipinski definition) is 0. The Morgan fingerprint density at radius 3 is 2.69 bits per heavy atom. The first-order chi connectivity index (χ1) is 12.8. The summed E-state index contributed by atoms with van der Waals surface area (Å²) < 4.78 is 5.54. The number of nitrogens with zero attached hydrogens (tertiary/aromatic N) is 1. The van der Waals surface area contributed by atoms with Crippen molar-refractivity contribution in [3.05, 3.63) is 65.7 Å². The molecule has 0 bridgehead atoms. The minimum absolute atomic E-state index is 0.345. The summed E-state index contributed by atoms with van der Waals surface area (Å²) in [4.78, 5) is 2.70. The normalized spacial score (nSPS) is 26.7. The molecule has 2 aromatic rings. The van der Waals surface area contributed by atoms with Crippen LogP contribution in [0.5, 0.6) is 5.75 Å². The average Bonchev–Trinajstić information content (AvgIpc) is 2.88. The van der Waals surface area contributed by atoms with Crippen LogP contribution in [0.1, 0.15) is 49.7 Å². The molecule has 0 N–H and O–H groups in total. The molecule has 1 aliphatic heterocycles. The molecular weight excluding hydrogens is 318 g/mol. The maximum absolute atomic E-state index is 5.54. The van der Waals surface area contributed by atoms with Gasteiger partial charge >= 0.3 is 0 Å². The SMILES string of the molecule is COc1cccc([C@@]23CCCC[C@H]2CN(Cc2ccccc2)CCC3)c1. The van der Waals surface area contributed by atoms with E-state index in [9.17, 15) is 0 Å². The molecule has 26 heavy (non-hydrogen) atoms. The van der Waals surface area contributed by atoms with Crippen LogP contribution in [-0.4, -0.2) is 25.1 Å². The number of hydrogen-bond acceptors (Lipinski definition) is 2. The zero-order valence-corrected chi connectivity index (χ0v) is 16.0. The molecule has 0 radical (unpaired) electrons.